The molecule has 0 atom stereocenters. The largest absolute Gasteiger partial charge is 1.00 e. The molecule has 22 heteroatoms. The third-order valence-corrected chi connectivity index (χ3v) is 22.9. The van der Waals surface area contributed by atoms with Crippen LogP contribution in [0.15, 0.2) is 176 Å². The van der Waals surface area contributed by atoms with Crippen molar-refractivity contribution in [2.24, 2.45) is 0 Å². The van der Waals surface area contributed by atoms with Gasteiger partial charge in [0.2, 0.25) is 11.4 Å². The minimum absolute atomic E-state index is 0. The first kappa shape index (κ1) is 88.3. The van der Waals surface area contributed by atoms with Crippen molar-refractivity contribution in [2.75, 3.05) is 123 Å². The second-order valence-electron chi connectivity index (χ2n) is 29.3. The number of aliphatic hydroxyl groups is 2. The van der Waals surface area contributed by atoms with Crippen molar-refractivity contribution < 1.29 is 123 Å². The van der Waals surface area contributed by atoms with Crippen molar-refractivity contribution in [3.63, 3.8) is 0 Å². The van der Waals surface area contributed by atoms with Crippen molar-refractivity contribution in [1.82, 2.24) is 0 Å². The summed E-state index contributed by atoms with van der Waals surface area (Å²) >= 11 is 7.12. The molecule has 104 heavy (non-hydrogen) atoms. The molecule has 17 nitrogen and oxygen atoms in total. The van der Waals surface area contributed by atoms with Crippen LogP contribution in [0.3, 0.4) is 0 Å². The predicted octanol–water partition coefficient (Wildman–Crippen LogP) is 8.55. The maximum atomic E-state index is 12.0. The number of ether oxygens (including phenoxy) is 4. The maximum absolute atomic E-state index is 12.0. The van der Waals surface area contributed by atoms with Gasteiger partial charge in [0.1, 0.15) is 40.4 Å². The van der Waals surface area contributed by atoms with Crippen LogP contribution in [0.1, 0.15) is 153 Å². The molecule has 1 saturated carbocycles. The zero-order valence-corrected chi connectivity index (χ0v) is 71.5. The quantitative estimate of drug-likeness (QED) is 0.0383. The molecule has 6 aliphatic rings. The summed E-state index contributed by atoms with van der Waals surface area (Å²) in [5.41, 5.74) is 19.7. The van der Waals surface area contributed by atoms with Crippen molar-refractivity contribution in [3.8, 4) is 0 Å². The fourth-order valence-electron chi connectivity index (χ4n) is 15.1. The summed E-state index contributed by atoms with van der Waals surface area (Å²) in [4.78, 5) is 6.49. The van der Waals surface area contributed by atoms with Gasteiger partial charge in [0, 0.05) is 152 Å². The molecule has 4 heterocycles. The van der Waals surface area contributed by atoms with Gasteiger partial charge >= 0.3 is 59.1 Å². The Morgan fingerprint density at radius 2 is 0.942 bits per heavy atom. The number of aliphatic hydroxyl groups excluding tert-OH is 2. The van der Waals surface area contributed by atoms with Gasteiger partial charge in [-0.15, -0.1) is 0 Å². The van der Waals surface area contributed by atoms with Crippen molar-refractivity contribution in [2.45, 2.75) is 165 Å². The average Bonchev–Trinajstić information content (AvgIpc) is 1.61. The normalized spacial score (nSPS) is 20.6. The maximum Gasteiger partial charge on any atom is 1.00 e. The Kier molecular flexibility index (Phi) is 32.4. The van der Waals surface area contributed by atoms with Gasteiger partial charge in [0.05, 0.1) is 35.0 Å². The molecule has 0 radical (unpaired) electrons. The number of allylic oxidation sites excluding steroid dienone is 16. The van der Waals surface area contributed by atoms with Gasteiger partial charge in [-0.2, -0.15) is 4.58 Å². The monoisotopic (exact) mass is 1500 g/mol. The number of unbranched alkanes of at least 4 members (excludes halogenated alkanes) is 1. The van der Waals surface area contributed by atoms with Gasteiger partial charge in [0.25, 0.3) is 0 Å². The van der Waals surface area contributed by atoms with E-state index in [0.29, 0.717) is 59.1 Å². The van der Waals surface area contributed by atoms with Gasteiger partial charge in [-0.25, -0.2) is 21.4 Å². The molecule has 0 aromatic heterocycles. The molecule has 2 N–H and O–H groups in total. The molecule has 4 aromatic carbocycles. The molecule has 0 unspecified atom stereocenters. The standard InChI is InChI=1S/C41H55N3O6S.C37H45ClN2O5S.C4H10O.2Na/c1-29-13-17-35-33(27-29)40(2,3)37(43(35)22-25-49-7)19-14-30-11-9-12-31(39(30)42(6)21-10-24-45)15-20-38-41(4,5)34-28-32(51(46,47)48)16-18-36(34)44(38)23-26-50-8;1-25-11-15-31-29(23-25)36(2,3)33(39(31)19-21-44-6)17-12-26-9-8-10-27(35(26)38)13-18-34-37(4,5)30-24-28(46(41,42)43)14-16-32(30)40(34)20-22-45-7;1-2-3-4-5;;/h13-20,27-28,45H,9-12,21-26H2,1-8H3;11-18,23-24H,8-10,19-22H2,1-7H3;5H,2-4H2,1H3;;/q;;;2*+1. The number of nitrogens with zero attached hydrogens (tertiary/aromatic N) is 5. The fraction of sp³-hybridized carbons (Fsp3) is 0.488. The molecular formula is C82H110ClN5Na2O12S2+2. The Morgan fingerprint density at radius 3 is 1.37 bits per heavy atom. The Labute approximate surface area is 670 Å². The van der Waals surface area contributed by atoms with Crippen LogP contribution in [0.2, 0.25) is 0 Å². The number of rotatable bonds is 24. The molecule has 0 saturated heterocycles. The Balaban J connectivity index is 0.000000302. The van der Waals surface area contributed by atoms with Crippen LogP contribution >= 0.6 is 11.6 Å². The van der Waals surface area contributed by atoms with E-state index >= 15 is 0 Å². The van der Waals surface area contributed by atoms with Crippen LogP contribution in [-0.2, 0) is 60.8 Å². The summed E-state index contributed by atoms with van der Waals surface area (Å²) in [7, 11) is -0.278. The topological polar surface area (TPSA) is 208 Å². The molecule has 4 aliphatic heterocycles. The zero-order chi connectivity index (χ0) is 74.7. The first-order chi connectivity index (χ1) is 48.3. The number of methoxy groups -OCH3 is 4. The van der Waals surface area contributed by atoms with E-state index in [4.69, 9.17) is 35.7 Å². The third-order valence-electron chi connectivity index (χ3n) is 20.7. The number of hydrogen-bond acceptors (Lipinski definition) is 15. The van der Waals surface area contributed by atoms with Gasteiger partial charge in [-0.1, -0.05) is 126 Å². The van der Waals surface area contributed by atoms with Crippen LogP contribution in [0.4, 0.5) is 22.7 Å². The first-order valence-electron chi connectivity index (χ1n) is 35.8. The summed E-state index contributed by atoms with van der Waals surface area (Å²) in [5.74, 6) is 0. The van der Waals surface area contributed by atoms with Crippen LogP contribution < -0.4 is 73.8 Å². The molecular weight excluding hydrogens is 1390 g/mol. The summed E-state index contributed by atoms with van der Waals surface area (Å²) in [6.45, 7) is 29.8. The van der Waals surface area contributed by atoms with Crippen LogP contribution in [-0.4, -0.2) is 165 Å². The van der Waals surface area contributed by atoms with Gasteiger partial charge in [-0.05, 0) is 161 Å². The van der Waals surface area contributed by atoms with Crippen molar-refractivity contribution in [3.05, 3.63) is 199 Å². The Bertz CT molecular complexity index is 4310. The van der Waals surface area contributed by atoms with Gasteiger partial charge < -0.3 is 53.0 Å². The van der Waals surface area contributed by atoms with E-state index in [1.165, 1.54) is 86.1 Å². The second-order valence-corrected chi connectivity index (χ2v) is 32.4. The summed E-state index contributed by atoms with van der Waals surface area (Å²) < 4.78 is 97.7. The number of halogens is 1. The summed E-state index contributed by atoms with van der Waals surface area (Å²) in [6.07, 6.45) is 25.8. The van der Waals surface area contributed by atoms with E-state index in [1.807, 2.05) is 13.8 Å². The number of benzene rings is 4. The zero-order valence-electron chi connectivity index (χ0n) is 65.1. The Morgan fingerprint density at radius 1 is 0.538 bits per heavy atom. The molecule has 554 valence electrons. The van der Waals surface area contributed by atoms with Crippen molar-refractivity contribution in [1.29, 1.82) is 0 Å². The van der Waals surface area contributed by atoms with Crippen LogP contribution in [0.5, 0.6) is 0 Å². The Hall–Kier alpha value is -4.59. The smallest absolute Gasteiger partial charge is 0.744 e. The minimum Gasteiger partial charge on any atom is -0.744 e. The SMILES string of the molecule is CCCCO.COCCN1C(=CC=C2CCC/C(=C\C=C3\N(CCOC)c4ccc(S(=O)(=O)[O-])cc4C3(C)C)C2=[N+](C)CCCO)C(C)(C)c2cc(C)ccc21.COCCN1C(=CC=C2CCCC(C=CC3=[N+](CCOC)c4ccc(S(=O)(=O)[O-])cc4C3(C)C)=C2Cl)C(C)(C)c2cc(C)ccc21.[Na+].[Na+]. The summed E-state index contributed by atoms with van der Waals surface area (Å²) in [5, 5.41) is 18.6. The first-order valence-corrected chi connectivity index (χ1v) is 39.0. The predicted molar refractivity (Wildman–Crippen MR) is 411 cm³/mol. The van der Waals surface area contributed by atoms with Gasteiger partial charge in [0.15, 0.2) is 12.3 Å². The van der Waals surface area contributed by atoms with E-state index in [-0.39, 0.29) is 86.3 Å². The third kappa shape index (κ3) is 19.9. The number of hydrogen-bond donors (Lipinski definition) is 2. The van der Waals surface area contributed by atoms with E-state index in [9.17, 15) is 31.0 Å². The number of fused-ring (bicyclic) bond motifs is 4. The molecule has 1 fully saturated rings. The van der Waals surface area contributed by atoms with Crippen LogP contribution in [0.25, 0.3) is 0 Å². The molecule has 4 aromatic rings. The number of aryl methyl sites for hydroxylation is 2. The van der Waals surface area contributed by atoms with Gasteiger partial charge in [-0.3, -0.25) is 0 Å². The van der Waals surface area contributed by atoms with E-state index in [2.05, 4.69) is 178 Å². The molecule has 0 bridgehead atoms. The average molecular weight is 1500 g/mol. The molecule has 0 amide bonds. The fourth-order valence-corrected chi connectivity index (χ4v) is 16.4. The minimum atomic E-state index is -4.60. The second kappa shape index (κ2) is 38.2. The van der Waals surface area contributed by atoms with E-state index in [0.717, 1.165) is 115 Å². The molecule has 0 spiro atoms. The summed E-state index contributed by atoms with van der Waals surface area (Å²) in [6, 6.07) is 22.7. The van der Waals surface area contributed by atoms with Crippen LogP contribution in [0, 0.1) is 13.8 Å². The number of anilines is 3. The molecule has 2 aliphatic carbocycles. The van der Waals surface area contributed by atoms with Crippen molar-refractivity contribution >= 4 is 66.0 Å². The van der Waals surface area contributed by atoms with E-state index in [1.54, 1.807) is 40.6 Å². The molecule has 10 rings (SSSR count). The van der Waals surface area contributed by atoms with E-state index < -0.39 is 31.1 Å².